The minimum atomic E-state index is -1.92. The normalized spacial score (nSPS) is 29.5. The average Bonchev–Trinajstić information content (AvgIpc) is 2.64. The van der Waals surface area contributed by atoms with E-state index in [0.717, 1.165) is 43.6 Å². The molecule has 0 aromatic heterocycles. The number of carbonyl (C=O) groups is 1. The lowest BCUT2D eigenvalue weighted by molar-refractivity contribution is 0.0830. The molecule has 2 aliphatic rings. The van der Waals surface area contributed by atoms with E-state index in [9.17, 15) is 18.0 Å². The van der Waals surface area contributed by atoms with E-state index < -0.39 is 23.2 Å². The third-order valence-electron chi connectivity index (χ3n) is 6.76. The molecule has 2 aliphatic carbocycles. The second kappa shape index (κ2) is 8.58. The summed E-state index contributed by atoms with van der Waals surface area (Å²) in [6, 6.07) is -0.174. The molecular formula is C22H29F3O. The summed E-state index contributed by atoms with van der Waals surface area (Å²) in [4.78, 5) is 10.7. The van der Waals surface area contributed by atoms with Crippen LogP contribution in [0.2, 0.25) is 0 Å². The van der Waals surface area contributed by atoms with E-state index in [1.54, 1.807) is 0 Å². The Labute approximate surface area is 154 Å². The van der Waals surface area contributed by atoms with Gasteiger partial charge in [-0.25, -0.2) is 8.78 Å². The van der Waals surface area contributed by atoms with Gasteiger partial charge in [-0.15, -0.1) is 0 Å². The fourth-order valence-electron chi connectivity index (χ4n) is 5.28. The molecule has 0 spiro atoms. The van der Waals surface area contributed by atoms with Gasteiger partial charge in [0, 0.05) is 0 Å². The number of benzene rings is 1. The van der Waals surface area contributed by atoms with Crippen molar-refractivity contribution in [1.29, 1.82) is 0 Å². The molecule has 0 radical (unpaired) electrons. The Bertz CT molecular complexity index is 627. The SMILES string of the molecule is CCCC1CCC(C2CCC(c3cc(F)c(C(=O)F)cc3F)CC2)CC1. The molecule has 1 aromatic rings. The Morgan fingerprint density at radius 3 is 2.04 bits per heavy atom. The van der Waals surface area contributed by atoms with E-state index in [-0.39, 0.29) is 5.92 Å². The third kappa shape index (κ3) is 4.32. The lowest BCUT2D eigenvalue weighted by Gasteiger charge is -2.38. The minimum absolute atomic E-state index is 0.0269. The monoisotopic (exact) mass is 366 g/mol. The Kier molecular flexibility index (Phi) is 6.42. The smallest absolute Gasteiger partial charge is 0.255 e. The molecule has 0 saturated heterocycles. The van der Waals surface area contributed by atoms with Crippen molar-refractivity contribution in [2.45, 2.75) is 77.0 Å². The van der Waals surface area contributed by atoms with Gasteiger partial charge < -0.3 is 0 Å². The van der Waals surface area contributed by atoms with E-state index in [1.807, 2.05) is 0 Å². The fraction of sp³-hybridized carbons (Fsp3) is 0.682. The maximum absolute atomic E-state index is 14.3. The molecule has 2 saturated carbocycles. The summed E-state index contributed by atoms with van der Waals surface area (Å²) in [5.74, 6) is 0.758. The van der Waals surface area contributed by atoms with Crippen LogP contribution < -0.4 is 0 Å². The summed E-state index contributed by atoms with van der Waals surface area (Å²) in [5, 5.41) is 0. The van der Waals surface area contributed by atoms with Crippen LogP contribution in [0.3, 0.4) is 0 Å². The van der Waals surface area contributed by atoms with Crippen molar-refractivity contribution in [3.8, 4) is 0 Å². The van der Waals surface area contributed by atoms with Gasteiger partial charge in [-0.1, -0.05) is 32.6 Å². The van der Waals surface area contributed by atoms with Gasteiger partial charge in [0.15, 0.2) is 0 Å². The predicted octanol–water partition coefficient (Wildman–Crippen LogP) is 6.95. The van der Waals surface area contributed by atoms with Crippen LogP contribution >= 0.6 is 0 Å². The van der Waals surface area contributed by atoms with Crippen molar-refractivity contribution in [2.75, 3.05) is 0 Å². The van der Waals surface area contributed by atoms with Crippen LogP contribution in [-0.4, -0.2) is 6.04 Å². The van der Waals surface area contributed by atoms with Crippen LogP contribution in [0.5, 0.6) is 0 Å². The second-order valence-corrected chi connectivity index (χ2v) is 8.31. The highest BCUT2D eigenvalue weighted by atomic mass is 19.1. The van der Waals surface area contributed by atoms with Crippen LogP contribution in [0, 0.1) is 29.4 Å². The van der Waals surface area contributed by atoms with Crippen LogP contribution in [0.4, 0.5) is 13.2 Å². The molecule has 1 nitrogen and oxygen atoms in total. The first-order valence-corrected chi connectivity index (χ1v) is 10.2. The molecule has 0 atom stereocenters. The van der Waals surface area contributed by atoms with Gasteiger partial charge in [0.1, 0.15) is 11.6 Å². The van der Waals surface area contributed by atoms with Crippen LogP contribution in [0.15, 0.2) is 12.1 Å². The number of hydrogen-bond donors (Lipinski definition) is 0. The molecule has 26 heavy (non-hydrogen) atoms. The standard InChI is InChI=1S/C22H29F3O/c1-2-3-14-4-6-15(7-5-14)16-8-10-17(11-9-16)18-12-21(24)19(22(25)26)13-20(18)23/h12-17H,2-11H2,1H3. The zero-order chi connectivity index (χ0) is 18.7. The first-order valence-electron chi connectivity index (χ1n) is 10.2. The van der Waals surface area contributed by atoms with Gasteiger partial charge in [0.05, 0.1) is 5.56 Å². The summed E-state index contributed by atoms with van der Waals surface area (Å²) in [7, 11) is 0. The molecule has 4 heteroatoms. The van der Waals surface area contributed by atoms with Crippen LogP contribution in [0.25, 0.3) is 0 Å². The third-order valence-corrected chi connectivity index (χ3v) is 6.76. The summed E-state index contributed by atoms with van der Waals surface area (Å²) < 4.78 is 40.9. The summed E-state index contributed by atoms with van der Waals surface area (Å²) in [6.07, 6.45) is 11.7. The highest BCUT2D eigenvalue weighted by Gasteiger charge is 2.32. The number of carbonyl (C=O) groups excluding carboxylic acids is 1. The van der Waals surface area contributed by atoms with Crippen LogP contribution in [-0.2, 0) is 0 Å². The molecule has 1 aromatic carbocycles. The Balaban J connectivity index is 1.57. The van der Waals surface area contributed by atoms with E-state index in [0.29, 0.717) is 17.5 Å². The van der Waals surface area contributed by atoms with Crippen molar-refractivity contribution in [3.05, 3.63) is 34.9 Å². The number of rotatable bonds is 5. The topological polar surface area (TPSA) is 17.1 Å². The maximum Gasteiger partial charge on any atom is 0.335 e. The van der Waals surface area contributed by atoms with Gasteiger partial charge in [0.2, 0.25) is 0 Å². The maximum atomic E-state index is 14.3. The summed E-state index contributed by atoms with van der Waals surface area (Å²) in [5.41, 5.74) is -0.499. The van der Waals surface area contributed by atoms with Crippen molar-refractivity contribution < 1.29 is 18.0 Å². The number of halogens is 3. The zero-order valence-electron chi connectivity index (χ0n) is 15.6. The van der Waals surface area contributed by atoms with Crippen molar-refractivity contribution in [2.24, 2.45) is 17.8 Å². The van der Waals surface area contributed by atoms with Crippen LogP contribution in [0.1, 0.15) is 93.0 Å². The molecule has 2 fully saturated rings. The van der Waals surface area contributed by atoms with E-state index in [4.69, 9.17) is 0 Å². The first kappa shape index (κ1) is 19.4. The minimum Gasteiger partial charge on any atom is -0.255 e. The highest BCUT2D eigenvalue weighted by molar-refractivity contribution is 5.88. The molecule has 0 N–H and O–H groups in total. The molecular weight excluding hydrogens is 337 g/mol. The molecule has 0 unspecified atom stereocenters. The Morgan fingerprint density at radius 2 is 1.50 bits per heavy atom. The lowest BCUT2D eigenvalue weighted by atomic mass is 9.68. The number of hydrogen-bond acceptors (Lipinski definition) is 1. The van der Waals surface area contributed by atoms with Crippen molar-refractivity contribution in [1.82, 2.24) is 0 Å². The summed E-state index contributed by atoms with van der Waals surface area (Å²) >= 11 is 0. The Morgan fingerprint density at radius 1 is 0.923 bits per heavy atom. The van der Waals surface area contributed by atoms with Gasteiger partial charge in [-0.2, -0.15) is 4.39 Å². The molecule has 0 amide bonds. The van der Waals surface area contributed by atoms with E-state index >= 15 is 0 Å². The molecule has 3 rings (SSSR count). The zero-order valence-corrected chi connectivity index (χ0v) is 15.6. The van der Waals surface area contributed by atoms with E-state index in [1.165, 1.54) is 38.5 Å². The highest BCUT2D eigenvalue weighted by Crippen LogP contribution is 2.45. The molecule has 0 heterocycles. The van der Waals surface area contributed by atoms with Gasteiger partial charge in [-0.05, 0) is 79.9 Å². The van der Waals surface area contributed by atoms with Gasteiger partial charge in [0.25, 0.3) is 0 Å². The second-order valence-electron chi connectivity index (χ2n) is 8.31. The fourth-order valence-corrected chi connectivity index (χ4v) is 5.28. The average molecular weight is 366 g/mol. The lowest BCUT2D eigenvalue weighted by Crippen LogP contribution is -2.25. The van der Waals surface area contributed by atoms with Crippen molar-refractivity contribution in [3.63, 3.8) is 0 Å². The molecule has 0 bridgehead atoms. The Hall–Kier alpha value is -1.32. The largest absolute Gasteiger partial charge is 0.335 e. The summed E-state index contributed by atoms with van der Waals surface area (Å²) in [6.45, 7) is 2.26. The van der Waals surface area contributed by atoms with Gasteiger partial charge >= 0.3 is 6.04 Å². The van der Waals surface area contributed by atoms with E-state index in [2.05, 4.69) is 6.92 Å². The first-order chi connectivity index (χ1) is 12.5. The van der Waals surface area contributed by atoms with Gasteiger partial charge in [-0.3, -0.25) is 4.79 Å². The quantitative estimate of drug-likeness (QED) is 0.515. The molecule has 0 aliphatic heterocycles. The van der Waals surface area contributed by atoms with Crippen molar-refractivity contribution >= 4 is 6.04 Å². The predicted molar refractivity (Wildman–Crippen MR) is 96.9 cm³/mol. The molecule has 144 valence electrons.